The molecule has 5 heteroatoms. The molecule has 0 saturated heterocycles. The standard InChI is InChI=1S/C17H25NO4/c1-11-8-13(9-12(2)14(11)21-7)17(6,10-19)18-15(20)22-16(3,4)5/h8-10H,1-7H3,(H,18,20). The third-order valence-corrected chi connectivity index (χ3v) is 3.26. The molecule has 0 radical (unpaired) electrons. The molecule has 1 unspecified atom stereocenters. The molecule has 0 aliphatic rings. The molecule has 1 atom stereocenters. The molecule has 1 N–H and O–H groups in total. The second kappa shape index (κ2) is 6.38. The van der Waals surface area contributed by atoms with Crippen molar-refractivity contribution in [3.05, 3.63) is 28.8 Å². The van der Waals surface area contributed by atoms with Crippen LogP contribution in [0.5, 0.6) is 5.75 Å². The maximum absolute atomic E-state index is 12.0. The van der Waals surface area contributed by atoms with Gasteiger partial charge in [-0.3, -0.25) is 0 Å². The Hall–Kier alpha value is -2.04. The normalized spacial score (nSPS) is 14.0. The Bertz CT molecular complexity index is 552. The minimum Gasteiger partial charge on any atom is -0.496 e. The van der Waals surface area contributed by atoms with E-state index in [1.54, 1.807) is 34.8 Å². The third-order valence-electron chi connectivity index (χ3n) is 3.26. The van der Waals surface area contributed by atoms with Gasteiger partial charge in [0.15, 0.2) is 0 Å². The Morgan fingerprint density at radius 3 is 2.00 bits per heavy atom. The van der Waals surface area contributed by atoms with E-state index in [2.05, 4.69) is 5.32 Å². The lowest BCUT2D eigenvalue weighted by Crippen LogP contribution is -2.47. The van der Waals surface area contributed by atoms with Gasteiger partial charge in [-0.2, -0.15) is 0 Å². The van der Waals surface area contributed by atoms with Crippen LogP contribution in [0.25, 0.3) is 0 Å². The molecule has 1 rings (SSSR count). The number of benzene rings is 1. The summed E-state index contributed by atoms with van der Waals surface area (Å²) in [5.41, 5.74) is 0.696. The first-order valence-electron chi connectivity index (χ1n) is 7.15. The van der Waals surface area contributed by atoms with Crippen molar-refractivity contribution in [3.63, 3.8) is 0 Å². The molecule has 0 aromatic heterocycles. The van der Waals surface area contributed by atoms with Gasteiger partial charge >= 0.3 is 6.09 Å². The molecule has 0 heterocycles. The fourth-order valence-corrected chi connectivity index (χ4v) is 2.26. The van der Waals surface area contributed by atoms with Crippen LogP contribution >= 0.6 is 0 Å². The third kappa shape index (κ3) is 4.23. The summed E-state index contributed by atoms with van der Waals surface area (Å²) in [6, 6.07) is 3.66. The molecular formula is C17H25NO4. The summed E-state index contributed by atoms with van der Waals surface area (Å²) >= 11 is 0. The van der Waals surface area contributed by atoms with Gasteiger partial charge in [0.25, 0.3) is 0 Å². The molecule has 22 heavy (non-hydrogen) atoms. The summed E-state index contributed by atoms with van der Waals surface area (Å²) in [6.45, 7) is 10.7. The van der Waals surface area contributed by atoms with E-state index in [1.807, 2.05) is 26.0 Å². The fourth-order valence-electron chi connectivity index (χ4n) is 2.26. The maximum atomic E-state index is 12.0. The van der Waals surface area contributed by atoms with Crippen LogP contribution in [0.15, 0.2) is 12.1 Å². The van der Waals surface area contributed by atoms with E-state index in [4.69, 9.17) is 9.47 Å². The summed E-state index contributed by atoms with van der Waals surface area (Å²) < 4.78 is 10.6. The number of amides is 1. The molecule has 0 saturated carbocycles. The molecule has 0 fully saturated rings. The monoisotopic (exact) mass is 307 g/mol. The lowest BCUT2D eigenvalue weighted by Gasteiger charge is -2.28. The summed E-state index contributed by atoms with van der Waals surface area (Å²) in [5.74, 6) is 0.772. The Morgan fingerprint density at radius 2 is 1.64 bits per heavy atom. The zero-order chi connectivity index (χ0) is 17.1. The fraction of sp³-hybridized carbons (Fsp3) is 0.529. The number of alkyl carbamates (subject to hydrolysis) is 1. The number of carbonyl (C=O) groups is 2. The van der Waals surface area contributed by atoms with E-state index in [-0.39, 0.29) is 0 Å². The number of aryl methyl sites for hydroxylation is 2. The smallest absolute Gasteiger partial charge is 0.408 e. The van der Waals surface area contributed by atoms with Gasteiger partial charge in [-0.05, 0) is 70.4 Å². The van der Waals surface area contributed by atoms with Crippen LogP contribution in [0.2, 0.25) is 0 Å². The lowest BCUT2D eigenvalue weighted by atomic mass is 9.90. The number of hydrogen-bond acceptors (Lipinski definition) is 4. The number of carbonyl (C=O) groups excluding carboxylic acids is 2. The van der Waals surface area contributed by atoms with Gasteiger partial charge in [-0.25, -0.2) is 4.79 Å². The molecule has 122 valence electrons. The molecule has 5 nitrogen and oxygen atoms in total. The molecule has 1 aromatic carbocycles. The SMILES string of the molecule is COc1c(C)cc(C(C)(C=O)NC(=O)OC(C)(C)C)cc1C. The van der Waals surface area contributed by atoms with Crippen molar-refractivity contribution in [2.45, 2.75) is 52.7 Å². The van der Waals surface area contributed by atoms with Crippen LogP contribution in [0, 0.1) is 13.8 Å². The van der Waals surface area contributed by atoms with Gasteiger partial charge in [-0.15, -0.1) is 0 Å². The van der Waals surface area contributed by atoms with E-state index < -0.39 is 17.2 Å². The molecule has 0 aliphatic carbocycles. The highest BCUT2D eigenvalue weighted by molar-refractivity contribution is 5.78. The molecule has 0 bridgehead atoms. The van der Waals surface area contributed by atoms with Gasteiger partial charge in [0.2, 0.25) is 0 Å². The molecule has 1 aromatic rings. The number of nitrogens with one attached hydrogen (secondary N) is 1. The van der Waals surface area contributed by atoms with Gasteiger partial charge in [-0.1, -0.05) is 0 Å². The van der Waals surface area contributed by atoms with Crippen molar-refractivity contribution in [1.29, 1.82) is 0 Å². The Morgan fingerprint density at radius 1 is 1.14 bits per heavy atom. The number of hydrogen-bond donors (Lipinski definition) is 1. The van der Waals surface area contributed by atoms with Gasteiger partial charge in [0.1, 0.15) is 23.2 Å². The van der Waals surface area contributed by atoms with Crippen molar-refractivity contribution in [3.8, 4) is 5.75 Å². The van der Waals surface area contributed by atoms with Crippen LogP contribution in [0.3, 0.4) is 0 Å². The van der Waals surface area contributed by atoms with E-state index in [1.165, 1.54) is 0 Å². The summed E-state index contributed by atoms with van der Waals surface area (Å²) in [5, 5.41) is 2.64. The average Bonchev–Trinajstić information content (AvgIpc) is 2.35. The number of aldehydes is 1. The quantitative estimate of drug-likeness (QED) is 0.867. The van der Waals surface area contributed by atoms with Crippen LogP contribution in [0.4, 0.5) is 4.79 Å². The minimum absolute atomic E-state index is 0.625. The van der Waals surface area contributed by atoms with Crippen molar-refractivity contribution in [1.82, 2.24) is 5.32 Å². The van der Waals surface area contributed by atoms with Crippen LogP contribution < -0.4 is 10.1 Å². The first kappa shape index (κ1) is 18.0. The van der Waals surface area contributed by atoms with Crippen molar-refractivity contribution in [2.24, 2.45) is 0 Å². The number of ether oxygens (including phenoxy) is 2. The average molecular weight is 307 g/mol. The highest BCUT2D eigenvalue weighted by Gasteiger charge is 2.31. The Balaban J connectivity index is 3.14. The lowest BCUT2D eigenvalue weighted by molar-refractivity contribution is -0.113. The Labute approximate surface area is 132 Å². The first-order chi connectivity index (χ1) is 10.0. The first-order valence-corrected chi connectivity index (χ1v) is 7.15. The summed E-state index contributed by atoms with van der Waals surface area (Å²) in [7, 11) is 1.60. The number of rotatable bonds is 4. The highest BCUT2D eigenvalue weighted by atomic mass is 16.6. The second-order valence-electron chi connectivity index (χ2n) is 6.59. The largest absolute Gasteiger partial charge is 0.496 e. The van der Waals surface area contributed by atoms with Crippen molar-refractivity contribution < 1.29 is 19.1 Å². The molecule has 1 amide bonds. The molecular weight excluding hydrogens is 282 g/mol. The molecule has 0 spiro atoms. The summed E-state index contributed by atoms with van der Waals surface area (Å²) in [4.78, 5) is 23.6. The van der Waals surface area contributed by atoms with Crippen LogP contribution in [-0.2, 0) is 15.1 Å². The maximum Gasteiger partial charge on any atom is 0.408 e. The minimum atomic E-state index is -1.16. The highest BCUT2D eigenvalue weighted by Crippen LogP contribution is 2.29. The van der Waals surface area contributed by atoms with Gasteiger partial charge in [0, 0.05) is 0 Å². The van der Waals surface area contributed by atoms with Gasteiger partial charge in [0.05, 0.1) is 7.11 Å². The predicted octanol–water partition coefficient (Wildman–Crippen LogP) is 3.25. The van der Waals surface area contributed by atoms with Gasteiger partial charge < -0.3 is 19.6 Å². The summed E-state index contributed by atoms with van der Waals surface area (Å²) in [6.07, 6.45) is 0.0747. The van der Waals surface area contributed by atoms with Crippen molar-refractivity contribution in [2.75, 3.05) is 7.11 Å². The second-order valence-corrected chi connectivity index (χ2v) is 6.59. The van der Waals surface area contributed by atoms with E-state index >= 15 is 0 Å². The zero-order valence-corrected chi connectivity index (χ0v) is 14.4. The zero-order valence-electron chi connectivity index (χ0n) is 14.4. The molecule has 0 aliphatic heterocycles. The van der Waals surface area contributed by atoms with E-state index in [0.717, 1.165) is 16.9 Å². The van der Waals surface area contributed by atoms with E-state index in [9.17, 15) is 9.59 Å². The van der Waals surface area contributed by atoms with E-state index in [0.29, 0.717) is 11.8 Å². The topological polar surface area (TPSA) is 64.6 Å². The predicted molar refractivity (Wildman–Crippen MR) is 85.3 cm³/mol. The Kier molecular flexibility index (Phi) is 5.22. The van der Waals surface area contributed by atoms with Crippen LogP contribution in [-0.4, -0.2) is 25.1 Å². The van der Waals surface area contributed by atoms with Crippen LogP contribution in [0.1, 0.15) is 44.4 Å². The van der Waals surface area contributed by atoms with Crippen molar-refractivity contribution >= 4 is 12.4 Å². The number of methoxy groups -OCH3 is 1.